The zero-order valence-electron chi connectivity index (χ0n) is 18.2. The van der Waals surface area contributed by atoms with Crippen LogP contribution in [0.1, 0.15) is 42.0 Å². The first-order valence-corrected chi connectivity index (χ1v) is 12.9. The average Bonchev–Trinajstić information content (AvgIpc) is 3.27. The molecule has 1 atom stereocenters. The molecule has 0 saturated heterocycles. The molecule has 0 aromatic heterocycles. The Hall–Kier alpha value is -2.47. The molecule has 2 aliphatic rings. The van der Waals surface area contributed by atoms with E-state index in [9.17, 15) is 8.42 Å². The van der Waals surface area contributed by atoms with Gasteiger partial charge in [0.25, 0.3) is 10.1 Å². The third-order valence-corrected chi connectivity index (χ3v) is 8.11. The lowest BCUT2D eigenvalue weighted by atomic mass is 9.93. The highest BCUT2D eigenvalue weighted by Gasteiger charge is 2.32. The second-order valence-corrected chi connectivity index (χ2v) is 10.3. The molecule has 3 aromatic rings. The van der Waals surface area contributed by atoms with Crippen molar-refractivity contribution in [1.29, 1.82) is 0 Å². The number of hydrogen-bond donors (Lipinski definition) is 0. The van der Waals surface area contributed by atoms with Crippen LogP contribution in [0.3, 0.4) is 0 Å². The molecule has 0 N–H and O–H groups in total. The van der Waals surface area contributed by atoms with Gasteiger partial charge in [-0.3, -0.25) is 9.08 Å². The summed E-state index contributed by atoms with van der Waals surface area (Å²) in [6.45, 7) is 2.29. The lowest BCUT2D eigenvalue weighted by molar-refractivity contribution is 0.177. The highest BCUT2D eigenvalue weighted by atomic mass is 32.2. The Morgan fingerprint density at radius 3 is 2.44 bits per heavy atom. The van der Waals surface area contributed by atoms with Crippen molar-refractivity contribution in [3.05, 3.63) is 89.5 Å². The molecule has 5 heteroatoms. The summed E-state index contributed by atoms with van der Waals surface area (Å²) in [6, 6.07) is 23.9. The molecule has 166 valence electrons. The number of rotatable bonds is 8. The largest absolute Gasteiger partial charge is 0.297 e. The monoisotopic (exact) mass is 447 g/mol. The number of hydrogen-bond acceptors (Lipinski definition) is 4. The average molecular weight is 448 g/mol. The molecular formula is C27H29NO3S. The molecule has 0 saturated carbocycles. The van der Waals surface area contributed by atoms with E-state index in [-0.39, 0.29) is 11.5 Å². The van der Waals surface area contributed by atoms with Gasteiger partial charge in [0.15, 0.2) is 0 Å². The second kappa shape index (κ2) is 9.18. The van der Waals surface area contributed by atoms with Gasteiger partial charge in [-0.05, 0) is 67.0 Å². The van der Waals surface area contributed by atoms with E-state index in [0.29, 0.717) is 11.6 Å². The van der Waals surface area contributed by atoms with Crippen molar-refractivity contribution in [2.24, 2.45) is 0 Å². The minimum absolute atomic E-state index is 0.214. The maximum Gasteiger partial charge on any atom is 0.297 e. The zero-order chi connectivity index (χ0) is 22.0. The fraction of sp³-hybridized carbons (Fsp3) is 0.333. The normalized spacial score (nSPS) is 17.9. The minimum atomic E-state index is -3.81. The van der Waals surface area contributed by atoms with Gasteiger partial charge < -0.3 is 0 Å². The molecule has 0 spiro atoms. The Bertz CT molecular complexity index is 1190. The molecule has 3 aromatic carbocycles. The molecule has 1 unspecified atom stereocenters. The van der Waals surface area contributed by atoms with Crippen LogP contribution >= 0.6 is 0 Å². The number of aryl methyl sites for hydroxylation is 1. The summed E-state index contributed by atoms with van der Waals surface area (Å²) >= 11 is 0. The standard InChI is InChI=1S/C27H29NO3S/c29-32(30,26-14-5-4-13-24(26)21-9-2-1-3-10-21)31-20-7-6-18-28-19-17-23-12-8-11-22-15-16-25(28)27(22)23/h1-5,8-14,25H,6-7,15-20H2. The van der Waals surface area contributed by atoms with Crippen molar-refractivity contribution >= 4 is 10.1 Å². The highest BCUT2D eigenvalue weighted by Crippen LogP contribution is 2.41. The van der Waals surface area contributed by atoms with E-state index in [1.165, 1.54) is 24.0 Å². The lowest BCUT2D eigenvalue weighted by Gasteiger charge is -2.35. The highest BCUT2D eigenvalue weighted by molar-refractivity contribution is 7.87. The van der Waals surface area contributed by atoms with Gasteiger partial charge in [0.1, 0.15) is 4.90 Å². The first kappa shape index (κ1) is 21.4. The number of unbranched alkanes of at least 4 members (excludes halogenated alkanes) is 1. The van der Waals surface area contributed by atoms with Crippen LogP contribution in [-0.2, 0) is 27.1 Å². The van der Waals surface area contributed by atoms with E-state index >= 15 is 0 Å². The molecule has 4 nitrogen and oxygen atoms in total. The van der Waals surface area contributed by atoms with Gasteiger partial charge >= 0.3 is 0 Å². The first-order chi connectivity index (χ1) is 15.6. The van der Waals surface area contributed by atoms with Crippen molar-refractivity contribution in [3.8, 4) is 11.1 Å². The van der Waals surface area contributed by atoms with Crippen LogP contribution in [0.25, 0.3) is 11.1 Å². The molecule has 0 amide bonds. The second-order valence-electron chi connectivity index (χ2n) is 8.68. The van der Waals surface area contributed by atoms with Crippen LogP contribution in [0.2, 0.25) is 0 Å². The molecule has 0 fully saturated rings. The summed E-state index contributed by atoms with van der Waals surface area (Å²) in [6.07, 6.45) is 5.15. The fourth-order valence-corrected chi connectivity index (χ4v) is 6.37. The first-order valence-electron chi connectivity index (χ1n) is 11.5. The van der Waals surface area contributed by atoms with Gasteiger partial charge in [0.2, 0.25) is 0 Å². The summed E-state index contributed by atoms with van der Waals surface area (Å²) in [5, 5.41) is 0. The maximum absolute atomic E-state index is 12.9. The van der Waals surface area contributed by atoms with Crippen molar-refractivity contribution in [2.45, 2.75) is 43.0 Å². The zero-order valence-corrected chi connectivity index (χ0v) is 19.1. The molecule has 1 heterocycles. The summed E-state index contributed by atoms with van der Waals surface area (Å²) in [5.41, 5.74) is 6.15. The van der Waals surface area contributed by atoms with Crippen molar-refractivity contribution in [2.75, 3.05) is 19.7 Å². The van der Waals surface area contributed by atoms with Crippen molar-refractivity contribution < 1.29 is 12.6 Å². The van der Waals surface area contributed by atoms with E-state index < -0.39 is 10.1 Å². The van der Waals surface area contributed by atoms with E-state index in [0.717, 1.165) is 37.9 Å². The van der Waals surface area contributed by atoms with Crippen LogP contribution in [0, 0.1) is 0 Å². The Labute approximate surface area is 191 Å². The lowest BCUT2D eigenvalue weighted by Crippen LogP contribution is -2.35. The predicted octanol–water partition coefficient (Wildman–Crippen LogP) is 5.38. The molecule has 0 radical (unpaired) electrons. The van der Waals surface area contributed by atoms with Gasteiger partial charge in [-0.15, -0.1) is 0 Å². The quantitative estimate of drug-likeness (QED) is 0.343. The van der Waals surface area contributed by atoms with Gasteiger partial charge in [-0.25, -0.2) is 0 Å². The maximum atomic E-state index is 12.9. The Balaban J connectivity index is 1.17. The SMILES string of the molecule is O=S(=O)(OCCCCN1CCc2cccc3c2C1CC3)c1ccccc1-c1ccccc1. The number of nitrogens with zero attached hydrogens (tertiary/aromatic N) is 1. The summed E-state index contributed by atoms with van der Waals surface area (Å²) < 4.78 is 31.2. The van der Waals surface area contributed by atoms with Gasteiger partial charge in [-0.2, -0.15) is 8.42 Å². The molecule has 1 aliphatic heterocycles. The van der Waals surface area contributed by atoms with Crippen LogP contribution in [0.4, 0.5) is 0 Å². The summed E-state index contributed by atoms with van der Waals surface area (Å²) in [7, 11) is -3.81. The Kier molecular flexibility index (Phi) is 6.13. The van der Waals surface area contributed by atoms with Crippen LogP contribution < -0.4 is 0 Å². The van der Waals surface area contributed by atoms with Gasteiger partial charge in [-0.1, -0.05) is 66.7 Å². The smallest absolute Gasteiger partial charge is 0.296 e. The van der Waals surface area contributed by atoms with Gasteiger partial charge in [0, 0.05) is 18.2 Å². The Morgan fingerprint density at radius 2 is 1.59 bits per heavy atom. The van der Waals surface area contributed by atoms with Crippen LogP contribution in [0.5, 0.6) is 0 Å². The fourth-order valence-electron chi connectivity index (χ4n) is 5.21. The minimum Gasteiger partial charge on any atom is -0.296 e. The van der Waals surface area contributed by atoms with Crippen molar-refractivity contribution in [3.63, 3.8) is 0 Å². The van der Waals surface area contributed by atoms with E-state index in [1.54, 1.807) is 17.7 Å². The molecule has 32 heavy (non-hydrogen) atoms. The van der Waals surface area contributed by atoms with Crippen molar-refractivity contribution in [1.82, 2.24) is 4.90 Å². The van der Waals surface area contributed by atoms with Gasteiger partial charge in [0.05, 0.1) is 6.61 Å². The predicted molar refractivity (Wildman–Crippen MR) is 127 cm³/mol. The van der Waals surface area contributed by atoms with E-state index in [1.807, 2.05) is 42.5 Å². The topological polar surface area (TPSA) is 46.6 Å². The third-order valence-electron chi connectivity index (χ3n) is 6.74. The van der Waals surface area contributed by atoms with Crippen LogP contribution in [-0.4, -0.2) is 33.0 Å². The summed E-state index contributed by atoms with van der Waals surface area (Å²) in [4.78, 5) is 2.82. The summed E-state index contributed by atoms with van der Waals surface area (Å²) in [5.74, 6) is 0. The van der Waals surface area contributed by atoms with Crippen LogP contribution in [0.15, 0.2) is 77.7 Å². The number of benzene rings is 3. The molecule has 1 aliphatic carbocycles. The third kappa shape index (κ3) is 4.25. The molecular weight excluding hydrogens is 418 g/mol. The molecule has 0 bridgehead atoms. The Morgan fingerprint density at radius 1 is 0.844 bits per heavy atom. The van der Waals surface area contributed by atoms with E-state index in [2.05, 4.69) is 23.1 Å². The molecule has 5 rings (SSSR count). The van der Waals surface area contributed by atoms with E-state index in [4.69, 9.17) is 4.18 Å².